The summed E-state index contributed by atoms with van der Waals surface area (Å²) < 4.78 is 0. The molecular weight excluding hydrogens is 524 g/mol. The maximum Gasteiger partial charge on any atom is 0.233 e. The molecule has 1 saturated carbocycles. The van der Waals surface area contributed by atoms with Crippen molar-refractivity contribution in [1.29, 1.82) is 0 Å². The van der Waals surface area contributed by atoms with Gasteiger partial charge < -0.3 is 15.1 Å². The first kappa shape index (κ1) is 26.2. The summed E-state index contributed by atoms with van der Waals surface area (Å²) in [6.45, 7) is 0. The largest absolute Gasteiger partial charge is 0.508 e. The van der Waals surface area contributed by atoms with Gasteiger partial charge in [-0.2, -0.15) is 0 Å². The zero-order valence-corrected chi connectivity index (χ0v) is 22.5. The van der Waals surface area contributed by atoms with Crippen LogP contribution < -0.4 is 4.90 Å². The van der Waals surface area contributed by atoms with Gasteiger partial charge in [0.2, 0.25) is 5.91 Å². The molecule has 6 nitrogen and oxygen atoms in total. The highest BCUT2D eigenvalue weighted by atomic mass is 35.5. The summed E-state index contributed by atoms with van der Waals surface area (Å²) in [6.07, 6.45) is 5.52. The molecule has 4 aromatic rings. The van der Waals surface area contributed by atoms with Crippen molar-refractivity contribution in [1.82, 2.24) is 4.98 Å². The van der Waals surface area contributed by atoms with Gasteiger partial charge in [0.1, 0.15) is 5.75 Å². The second-order valence-electron chi connectivity index (χ2n) is 10.6. The van der Waals surface area contributed by atoms with E-state index in [9.17, 15) is 19.8 Å². The Morgan fingerprint density at radius 1 is 0.950 bits per heavy atom. The Morgan fingerprint density at radius 2 is 1.65 bits per heavy atom. The first-order chi connectivity index (χ1) is 19.4. The van der Waals surface area contributed by atoms with E-state index >= 15 is 0 Å². The van der Waals surface area contributed by atoms with Gasteiger partial charge in [0, 0.05) is 40.1 Å². The van der Waals surface area contributed by atoms with Crippen molar-refractivity contribution in [2.45, 2.75) is 37.8 Å². The van der Waals surface area contributed by atoms with Crippen molar-refractivity contribution in [2.24, 2.45) is 11.8 Å². The molecule has 202 valence electrons. The normalized spacial score (nSPS) is 19.2. The number of hydrogen-bond donors (Lipinski definition) is 2. The van der Waals surface area contributed by atoms with E-state index in [0.29, 0.717) is 23.4 Å². The fourth-order valence-corrected chi connectivity index (χ4v) is 5.61. The SMILES string of the molecule is O=C(c1cncc(-c2ccc(N3C(=O)[C@H](CC[C@H](O)c4ccc(Cl)cc4)[C@H]3c3ccc(O)cc3)cc2)c1)C1CC1. The number of ketones is 1. The number of carbonyl (C=O) groups is 2. The molecule has 1 aliphatic carbocycles. The Bertz CT molecular complexity index is 1530. The van der Waals surface area contributed by atoms with Crippen LogP contribution in [0.2, 0.25) is 5.02 Å². The smallest absolute Gasteiger partial charge is 0.233 e. The molecular formula is C33H29ClN2O4. The minimum absolute atomic E-state index is 0.00664. The Morgan fingerprint density at radius 3 is 2.33 bits per heavy atom. The highest BCUT2D eigenvalue weighted by Crippen LogP contribution is 2.47. The topological polar surface area (TPSA) is 90.7 Å². The molecule has 0 spiro atoms. The quantitative estimate of drug-likeness (QED) is 0.174. The first-order valence-corrected chi connectivity index (χ1v) is 13.9. The second-order valence-corrected chi connectivity index (χ2v) is 11.1. The molecule has 7 heteroatoms. The first-order valence-electron chi connectivity index (χ1n) is 13.5. The minimum atomic E-state index is -0.699. The Balaban J connectivity index is 1.22. The lowest BCUT2D eigenvalue weighted by molar-refractivity contribution is -0.131. The third-order valence-electron chi connectivity index (χ3n) is 7.90. The van der Waals surface area contributed by atoms with Crippen LogP contribution in [0.3, 0.4) is 0 Å². The fraction of sp³-hybridized carbons (Fsp3) is 0.242. The molecule has 6 rings (SSSR count). The van der Waals surface area contributed by atoms with E-state index in [-0.39, 0.29) is 35.3 Å². The molecule has 2 heterocycles. The number of rotatable bonds is 9. The lowest BCUT2D eigenvalue weighted by Gasteiger charge is -2.48. The number of halogens is 1. The van der Waals surface area contributed by atoms with Gasteiger partial charge in [0.25, 0.3) is 0 Å². The molecule has 2 aliphatic rings. The molecule has 2 fully saturated rings. The highest BCUT2D eigenvalue weighted by Gasteiger charge is 2.48. The predicted octanol–water partition coefficient (Wildman–Crippen LogP) is 6.92. The number of β-lactam (4-membered cyclic amide) rings is 1. The van der Waals surface area contributed by atoms with Crippen LogP contribution in [-0.2, 0) is 4.79 Å². The molecule has 3 atom stereocenters. The van der Waals surface area contributed by atoms with Crippen LogP contribution in [0.15, 0.2) is 91.3 Å². The summed E-state index contributed by atoms with van der Waals surface area (Å²) in [5.74, 6) is 0.138. The second kappa shape index (κ2) is 10.9. The summed E-state index contributed by atoms with van der Waals surface area (Å²) in [5, 5.41) is 21.2. The van der Waals surface area contributed by atoms with E-state index in [4.69, 9.17) is 11.6 Å². The maximum absolute atomic E-state index is 13.5. The summed E-state index contributed by atoms with van der Waals surface area (Å²) in [4.78, 5) is 32.1. The number of pyridine rings is 1. The van der Waals surface area contributed by atoms with Crippen LogP contribution >= 0.6 is 11.6 Å². The number of aromatic hydroxyl groups is 1. The number of hydrogen-bond acceptors (Lipinski definition) is 5. The maximum atomic E-state index is 13.5. The summed E-state index contributed by atoms with van der Waals surface area (Å²) in [5.41, 5.74) is 4.86. The van der Waals surface area contributed by atoms with Crippen molar-refractivity contribution in [3.8, 4) is 16.9 Å². The summed E-state index contributed by atoms with van der Waals surface area (Å²) in [7, 11) is 0. The van der Waals surface area contributed by atoms with E-state index in [1.807, 2.05) is 42.5 Å². The Hall–Kier alpha value is -4.00. The molecule has 0 radical (unpaired) electrons. The summed E-state index contributed by atoms with van der Waals surface area (Å²) in [6, 6.07) is 23.4. The standard InChI is InChI=1S/C33H29ClN2O4/c34-26-9-3-21(4-10-26)30(38)16-15-29-31(22-7-13-28(37)14-8-22)36(33(29)40)27-11-5-20(6-12-27)24-17-25(19-35-18-24)32(39)23-1-2-23/h3-14,17-19,23,29-31,37-38H,1-2,15-16H2/t29-,30+,31-/m1/s1. The average molecular weight is 553 g/mol. The van der Waals surface area contributed by atoms with Crippen LogP contribution in [0.25, 0.3) is 11.1 Å². The number of Topliss-reactive ketones (excluding diaryl/α,β-unsaturated/α-hetero) is 1. The number of aromatic nitrogens is 1. The van der Waals surface area contributed by atoms with Crippen LogP contribution in [0.5, 0.6) is 5.75 Å². The number of carbonyl (C=O) groups excluding carboxylic acids is 2. The van der Waals surface area contributed by atoms with Gasteiger partial charge in [-0.05, 0) is 84.8 Å². The lowest BCUT2D eigenvalue weighted by atomic mass is 9.78. The van der Waals surface area contributed by atoms with E-state index in [1.165, 1.54) is 0 Å². The molecule has 40 heavy (non-hydrogen) atoms. The Labute approximate surface area is 237 Å². The van der Waals surface area contributed by atoms with E-state index in [1.54, 1.807) is 53.7 Å². The molecule has 1 amide bonds. The molecule has 2 N–H and O–H groups in total. The van der Waals surface area contributed by atoms with Crippen molar-refractivity contribution >= 4 is 29.0 Å². The molecule has 1 aliphatic heterocycles. The number of benzene rings is 3. The Kier molecular flexibility index (Phi) is 7.13. The molecule has 0 bridgehead atoms. The van der Waals surface area contributed by atoms with Crippen molar-refractivity contribution in [3.63, 3.8) is 0 Å². The van der Waals surface area contributed by atoms with E-state index < -0.39 is 6.10 Å². The number of nitrogens with zero attached hydrogens (tertiary/aromatic N) is 2. The average Bonchev–Trinajstić information content (AvgIpc) is 3.83. The predicted molar refractivity (Wildman–Crippen MR) is 154 cm³/mol. The number of anilines is 1. The van der Waals surface area contributed by atoms with Gasteiger partial charge in [-0.25, -0.2) is 0 Å². The van der Waals surface area contributed by atoms with Gasteiger partial charge in [0.15, 0.2) is 5.78 Å². The third kappa shape index (κ3) is 5.25. The van der Waals surface area contributed by atoms with Crippen molar-refractivity contribution < 1.29 is 19.8 Å². The van der Waals surface area contributed by atoms with Crippen LogP contribution in [0, 0.1) is 11.8 Å². The van der Waals surface area contributed by atoms with Gasteiger partial charge in [-0.15, -0.1) is 0 Å². The molecule has 3 aromatic carbocycles. The van der Waals surface area contributed by atoms with Gasteiger partial charge in [-0.3, -0.25) is 14.6 Å². The van der Waals surface area contributed by atoms with Gasteiger partial charge in [-0.1, -0.05) is 48.0 Å². The highest BCUT2D eigenvalue weighted by molar-refractivity contribution is 6.30. The minimum Gasteiger partial charge on any atom is -0.508 e. The molecule has 0 unspecified atom stereocenters. The summed E-state index contributed by atoms with van der Waals surface area (Å²) >= 11 is 5.98. The van der Waals surface area contributed by atoms with Gasteiger partial charge in [0.05, 0.1) is 18.1 Å². The van der Waals surface area contributed by atoms with Crippen LogP contribution in [-0.4, -0.2) is 26.9 Å². The number of phenolic OH excluding ortho intramolecular Hbond substituents is 1. The van der Waals surface area contributed by atoms with E-state index in [0.717, 1.165) is 40.8 Å². The zero-order valence-electron chi connectivity index (χ0n) is 21.8. The van der Waals surface area contributed by atoms with Crippen molar-refractivity contribution in [2.75, 3.05) is 4.90 Å². The fourth-order valence-electron chi connectivity index (χ4n) is 5.49. The number of aliphatic hydroxyl groups is 1. The molecule has 1 saturated heterocycles. The number of amides is 1. The zero-order chi connectivity index (χ0) is 27.8. The van der Waals surface area contributed by atoms with Crippen LogP contribution in [0.1, 0.15) is 59.3 Å². The molecule has 1 aromatic heterocycles. The van der Waals surface area contributed by atoms with E-state index in [2.05, 4.69) is 4.98 Å². The van der Waals surface area contributed by atoms with Gasteiger partial charge >= 0.3 is 0 Å². The third-order valence-corrected chi connectivity index (χ3v) is 8.16. The number of phenols is 1. The lowest BCUT2D eigenvalue weighted by Crippen LogP contribution is -2.55. The van der Waals surface area contributed by atoms with Crippen molar-refractivity contribution in [3.05, 3.63) is 113 Å². The number of aliphatic hydroxyl groups excluding tert-OH is 1. The monoisotopic (exact) mass is 552 g/mol. The van der Waals surface area contributed by atoms with Crippen LogP contribution in [0.4, 0.5) is 5.69 Å².